The van der Waals surface area contributed by atoms with Gasteiger partial charge in [-0.2, -0.15) is 4.31 Å². The number of sulfonamides is 1. The number of hydrogen-bond acceptors (Lipinski definition) is 9. The quantitative estimate of drug-likeness (QED) is 0.559. The van der Waals surface area contributed by atoms with Crippen molar-refractivity contribution >= 4 is 27.5 Å². The zero-order chi connectivity index (χ0) is 24.1. The highest BCUT2D eigenvalue weighted by Crippen LogP contribution is 2.29. The molecule has 2 fully saturated rings. The fourth-order valence-corrected chi connectivity index (χ4v) is 5.80. The maximum atomic E-state index is 13.6. The number of methoxy groups -OCH3 is 2. The molecule has 0 bridgehead atoms. The highest BCUT2D eigenvalue weighted by atomic mass is 32.2. The van der Waals surface area contributed by atoms with Crippen LogP contribution in [0.4, 0.5) is 11.5 Å². The van der Waals surface area contributed by atoms with E-state index in [0.717, 1.165) is 24.4 Å². The SMILES string of the molecule is COC(=O)c1cnc(N2CCCN(c3ccc(OC)cc3)CC2)c(S(=O)(=O)N2CCOCC2)c1. The number of anilines is 2. The molecule has 2 aliphatic rings. The van der Waals surface area contributed by atoms with Crippen LogP contribution in [0.1, 0.15) is 16.8 Å². The molecule has 0 amide bonds. The molecule has 2 aliphatic heterocycles. The van der Waals surface area contributed by atoms with Crippen molar-refractivity contribution in [3.05, 3.63) is 42.1 Å². The van der Waals surface area contributed by atoms with E-state index >= 15 is 0 Å². The standard InChI is InChI=1S/C23H30N4O6S/c1-31-20-6-4-19(5-7-20)25-8-3-9-26(11-10-25)22-21(16-18(17-24-22)23(28)32-2)34(29,30)27-12-14-33-15-13-27/h4-7,16-17H,3,8-15H2,1-2H3. The first-order chi connectivity index (χ1) is 16.4. The number of aromatic nitrogens is 1. The van der Waals surface area contributed by atoms with Gasteiger partial charge in [-0.15, -0.1) is 0 Å². The molecule has 0 radical (unpaired) electrons. The third-order valence-corrected chi connectivity index (χ3v) is 7.98. The van der Waals surface area contributed by atoms with Crippen molar-refractivity contribution in [1.82, 2.24) is 9.29 Å². The summed E-state index contributed by atoms with van der Waals surface area (Å²) in [5.74, 6) is 0.530. The van der Waals surface area contributed by atoms with Gasteiger partial charge in [0.15, 0.2) is 0 Å². The highest BCUT2D eigenvalue weighted by molar-refractivity contribution is 7.89. The van der Waals surface area contributed by atoms with Crippen LogP contribution >= 0.6 is 0 Å². The summed E-state index contributed by atoms with van der Waals surface area (Å²) >= 11 is 0. The average molecular weight is 491 g/mol. The minimum Gasteiger partial charge on any atom is -0.497 e. The molecular formula is C23H30N4O6S. The molecular weight excluding hydrogens is 460 g/mol. The minimum absolute atomic E-state index is 0.0233. The Labute approximate surface area is 200 Å². The van der Waals surface area contributed by atoms with E-state index in [0.29, 0.717) is 38.7 Å². The second-order valence-corrected chi connectivity index (χ2v) is 9.99. The number of carbonyl (C=O) groups is 1. The molecule has 34 heavy (non-hydrogen) atoms. The Morgan fingerprint density at radius 3 is 2.32 bits per heavy atom. The monoisotopic (exact) mass is 490 g/mol. The zero-order valence-electron chi connectivity index (χ0n) is 19.5. The Kier molecular flexibility index (Phi) is 7.54. The lowest BCUT2D eigenvalue weighted by molar-refractivity contribution is 0.0599. The first kappa shape index (κ1) is 24.2. The van der Waals surface area contributed by atoms with E-state index in [1.807, 2.05) is 29.2 Å². The lowest BCUT2D eigenvalue weighted by Gasteiger charge is -2.29. The van der Waals surface area contributed by atoms with Gasteiger partial charge in [0.25, 0.3) is 0 Å². The lowest BCUT2D eigenvalue weighted by atomic mass is 10.2. The molecule has 2 aromatic rings. The highest BCUT2D eigenvalue weighted by Gasteiger charge is 2.32. The second kappa shape index (κ2) is 10.6. The van der Waals surface area contributed by atoms with Crippen LogP contribution < -0.4 is 14.5 Å². The van der Waals surface area contributed by atoms with Gasteiger partial charge in [-0.1, -0.05) is 0 Å². The number of ether oxygens (including phenoxy) is 3. The van der Waals surface area contributed by atoms with Crippen molar-refractivity contribution in [3.8, 4) is 5.75 Å². The van der Waals surface area contributed by atoms with Crippen LogP contribution in [0.2, 0.25) is 0 Å². The molecule has 0 aliphatic carbocycles. The van der Waals surface area contributed by atoms with Crippen LogP contribution in [0.15, 0.2) is 41.4 Å². The summed E-state index contributed by atoms with van der Waals surface area (Å²) < 4.78 is 43.9. The maximum absolute atomic E-state index is 13.6. The lowest BCUT2D eigenvalue weighted by Crippen LogP contribution is -2.41. The topological polar surface area (TPSA) is 102 Å². The van der Waals surface area contributed by atoms with Crippen molar-refractivity contribution in [2.24, 2.45) is 0 Å². The Hall–Kier alpha value is -2.89. The van der Waals surface area contributed by atoms with Gasteiger partial charge in [0.1, 0.15) is 16.5 Å². The molecule has 0 saturated carbocycles. The van der Waals surface area contributed by atoms with Crippen LogP contribution in [0.3, 0.4) is 0 Å². The van der Waals surface area contributed by atoms with Crippen LogP contribution in [0.25, 0.3) is 0 Å². The van der Waals surface area contributed by atoms with Crippen molar-refractivity contribution in [3.63, 3.8) is 0 Å². The molecule has 1 aromatic heterocycles. The van der Waals surface area contributed by atoms with Gasteiger partial charge in [0.05, 0.1) is 33.0 Å². The summed E-state index contributed by atoms with van der Waals surface area (Å²) in [4.78, 5) is 20.9. The summed E-state index contributed by atoms with van der Waals surface area (Å²) in [7, 11) is -0.980. The van der Waals surface area contributed by atoms with Gasteiger partial charge < -0.3 is 24.0 Å². The molecule has 2 saturated heterocycles. The van der Waals surface area contributed by atoms with Crippen molar-refractivity contribution in [2.45, 2.75) is 11.3 Å². The molecule has 0 unspecified atom stereocenters. The summed E-state index contributed by atoms with van der Waals surface area (Å²) in [5.41, 5.74) is 1.19. The average Bonchev–Trinajstić information content (AvgIpc) is 3.15. The van der Waals surface area contributed by atoms with E-state index in [1.54, 1.807) is 7.11 Å². The summed E-state index contributed by atoms with van der Waals surface area (Å²) in [6.45, 7) is 3.94. The Morgan fingerprint density at radius 2 is 1.65 bits per heavy atom. The Morgan fingerprint density at radius 1 is 0.971 bits per heavy atom. The van der Waals surface area contributed by atoms with Crippen molar-refractivity contribution in [2.75, 3.05) is 76.5 Å². The number of rotatable bonds is 6. The smallest absolute Gasteiger partial charge is 0.339 e. The zero-order valence-corrected chi connectivity index (χ0v) is 20.3. The van der Waals surface area contributed by atoms with E-state index in [4.69, 9.17) is 14.2 Å². The van der Waals surface area contributed by atoms with E-state index in [-0.39, 0.29) is 23.5 Å². The third kappa shape index (κ3) is 5.11. The number of esters is 1. The largest absolute Gasteiger partial charge is 0.497 e. The van der Waals surface area contributed by atoms with Gasteiger partial charge in [-0.05, 0) is 36.8 Å². The predicted molar refractivity (Wildman–Crippen MR) is 127 cm³/mol. The molecule has 184 valence electrons. The Bertz CT molecular complexity index is 1100. The number of nitrogens with zero attached hydrogens (tertiary/aromatic N) is 4. The van der Waals surface area contributed by atoms with Gasteiger partial charge in [-0.25, -0.2) is 18.2 Å². The molecule has 0 N–H and O–H groups in total. The van der Waals surface area contributed by atoms with Crippen LogP contribution in [-0.4, -0.2) is 90.4 Å². The van der Waals surface area contributed by atoms with Gasteiger partial charge >= 0.3 is 5.97 Å². The van der Waals surface area contributed by atoms with Gasteiger partial charge in [0, 0.05) is 51.2 Å². The Balaban J connectivity index is 1.62. The minimum atomic E-state index is -3.88. The third-order valence-electron chi connectivity index (χ3n) is 6.07. The molecule has 3 heterocycles. The molecule has 10 nitrogen and oxygen atoms in total. The van der Waals surface area contributed by atoms with Crippen LogP contribution in [-0.2, 0) is 19.5 Å². The fourth-order valence-electron chi connectivity index (χ4n) is 4.20. The molecule has 11 heteroatoms. The van der Waals surface area contributed by atoms with Crippen LogP contribution in [0, 0.1) is 0 Å². The summed E-state index contributed by atoms with van der Waals surface area (Å²) in [6.07, 6.45) is 2.20. The molecule has 1 aromatic carbocycles. The number of pyridine rings is 1. The normalized spacial score (nSPS) is 17.8. The molecule has 0 spiro atoms. The first-order valence-electron chi connectivity index (χ1n) is 11.2. The molecule has 0 atom stereocenters. The number of hydrogen-bond donors (Lipinski definition) is 0. The van der Waals surface area contributed by atoms with E-state index in [1.165, 1.54) is 23.7 Å². The van der Waals surface area contributed by atoms with E-state index in [2.05, 4.69) is 9.88 Å². The number of benzene rings is 1. The first-order valence-corrected chi connectivity index (χ1v) is 12.7. The van der Waals surface area contributed by atoms with E-state index < -0.39 is 16.0 Å². The summed E-state index contributed by atoms with van der Waals surface area (Å²) in [5, 5.41) is 0. The molecule has 4 rings (SSSR count). The number of morpholine rings is 1. The van der Waals surface area contributed by atoms with Crippen molar-refractivity contribution in [1.29, 1.82) is 0 Å². The van der Waals surface area contributed by atoms with Crippen LogP contribution in [0.5, 0.6) is 5.75 Å². The van der Waals surface area contributed by atoms with Gasteiger partial charge in [-0.3, -0.25) is 0 Å². The second-order valence-electron chi connectivity index (χ2n) is 8.08. The number of carbonyl (C=O) groups excluding carboxylic acids is 1. The fraction of sp³-hybridized carbons (Fsp3) is 0.478. The summed E-state index contributed by atoms with van der Waals surface area (Å²) in [6, 6.07) is 9.28. The predicted octanol–water partition coefficient (Wildman–Crippen LogP) is 1.61. The maximum Gasteiger partial charge on any atom is 0.339 e. The van der Waals surface area contributed by atoms with E-state index in [9.17, 15) is 13.2 Å². The van der Waals surface area contributed by atoms with Crippen molar-refractivity contribution < 1.29 is 27.4 Å². The van der Waals surface area contributed by atoms with Gasteiger partial charge in [0.2, 0.25) is 10.0 Å².